The van der Waals surface area contributed by atoms with Gasteiger partial charge < -0.3 is 14.6 Å². The normalized spacial score (nSPS) is 19.2. The van der Waals surface area contributed by atoms with Crippen molar-refractivity contribution in [2.75, 3.05) is 13.2 Å². The fourth-order valence-electron chi connectivity index (χ4n) is 9.41. The van der Waals surface area contributed by atoms with E-state index in [1.165, 1.54) is 20.9 Å². The molecule has 0 spiro atoms. The summed E-state index contributed by atoms with van der Waals surface area (Å²) in [7, 11) is 1.74. The third kappa shape index (κ3) is 7.37. The zero-order chi connectivity index (χ0) is 44.8. The van der Waals surface area contributed by atoms with Crippen molar-refractivity contribution in [3.8, 4) is 17.2 Å². The molecule has 3 aromatic carbocycles. The lowest BCUT2D eigenvalue weighted by atomic mass is 9.83. The van der Waals surface area contributed by atoms with Gasteiger partial charge in [0, 0.05) is 66.4 Å². The molecule has 2 fully saturated rings. The summed E-state index contributed by atoms with van der Waals surface area (Å²) in [6.45, 7) is 11.6. The average molecular weight is 887 g/mol. The number of aromatic nitrogens is 9. The second-order valence-corrected chi connectivity index (χ2v) is 18.5. The molecule has 1 saturated carbocycles. The molecule has 0 radical (unpaired) electrons. The number of imidazole rings is 1. The maximum absolute atomic E-state index is 15.9. The zero-order valence-electron chi connectivity index (χ0n) is 36.4. The van der Waals surface area contributed by atoms with Gasteiger partial charge in [0.25, 0.3) is 5.91 Å². The third-order valence-corrected chi connectivity index (χ3v) is 13.6. The van der Waals surface area contributed by atoms with Crippen LogP contribution in [0, 0.1) is 25.6 Å². The van der Waals surface area contributed by atoms with Gasteiger partial charge in [-0.05, 0) is 118 Å². The Labute approximate surface area is 371 Å². The van der Waals surface area contributed by atoms with Gasteiger partial charge in [0.15, 0.2) is 11.6 Å². The molecule has 64 heavy (non-hydrogen) atoms. The van der Waals surface area contributed by atoms with Crippen LogP contribution in [-0.2, 0) is 24.8 Å². The molecule has 1 saturated heterocycles. The highest BCUT2D eigenvalue weighted by atomic mass is 35.5. The first-order valence-electron chi connectivity index (χ1n) is 21.5. The van der Waals surface area contributed by atoms with Crippen LogP contribution in [0.4, 0.5) is 4.39 Å². The monoisotopic (exact) mass is 886 g/mol. The molecule has 1 amide bonds. The van der Waals surface area contributed by atoms with Gasteiger partial charge in [-0.15, -0.1) is 0 Å². The summed E-state index contributed by atoms with van der Waals surface area (Å²) in [5, 5.41) is 14.8. The molecule has 7 heterocycles. The van der Waals surface area contributed by atoms with Crippen LogP contribution in [0.3, 0.4) is 0 Å². The highest BCUT2D eigenvalue weighted by molar-refractivity contribution is 6.32. The second kappa shape index (κ2) is 15.6. The van der Waals surface area contributed by atoms with E-state index in [1.807, 2.05) is 32.0 Å². The van der Waals surface area contributed by atoms with Crippen molar-refractivity contribution in [3.05, 3.63) is 138 Å². The fourth-order valence-corrected chi connectivity index (χ4v) is 9.52. The molecule has 17 heteroatoms. The number of nitrogens with one attached hydrogen (secondary N) is 2. The first-order chi connectivity index (χ1) is 30.6. The summed E-state index contributed by atoms with van der Waals surface area (Å²) in [6.07, 6.45) is 8.13. The van der Waals surface area contributed by atoms with Gasteiger partial charge >= 0.3 is 11.4 Å². The number of halogens is 2. The van der Waals surface area contributed by atoms with E-state index in [9.17, 15) is 14.4 Å². The molecule has 0 unspecified atom stereocenters. The van der Waals surface area contributed by atoms with Crippen LogP contribution in [0.1, 0.15) is 96.1 Å². The fraction of sp³-hybridized carbons (Fsp3) is 0.362. The molecule has 8 aromatic rings. The summed E-state index contributed by atoms with van der Waals surface area (Å²) in [5.74, 6) is 1.54. The van der Waals surface area contributed by atoms with Crippen LogP contribution in [0.2, 0.25) is 5.02 Å². The number of carbonyl (C=O) groups is 1. The molecule has 5 aromatic heterocycles. The Morgan fingerprint density at radius 3 is 2.50 bits per heavy atom. The number of nitrogens with zero attached hydrogens (tertiary/aromatic N) is 8. The molecule has 330 valence electrons. The van der Waals surface area contributed by atoms with Crippen LogP contribution >= 0.6 is 11.6 Å². The number of H-pyrrole nitrogens is 2. The summed E-state index contributed by atoms with van der Waals surface area (Å²) >= 11 is 6.57. The molecular formula is C47H48ClFN10O5. The van der Waals surface area contributed by atoms with Gasteiger partial charge in [0.05, 0.1) is 46.3 Å². The van der Waals surface area contributed by atoms with Crippen LogP contribution in [0.25, 0.3) is 39.0 Å². The van der Waals surface area contributed by atoms with Crippen LogP contribution in [0.15, 0.2) is 81.2 Å². The molecule has 2 N–H and O–H groups in total. The minimum atomic E-state index is -0.543. The predicted octanol–water partition coefficient (Wildman–Crippen LogP) is 7.95. The van der Waals surface area contributed by atoms with Gasteiger partial charge in [0.2, 0.25) is 0 Å². The number of hydrogen-bond acceptors (Lipinski definition) is 8. The summed E-state index contributed by atoms with van der Waals surface area (Å²) in [4.78, 5) is 46.7. The van der Waals surface area contributed by atoms with Crippen molar-refractivity contribution < 1.29 is 18.4 Å². The van der Waals surface area contributed by atoms with Crippen molar-refractivity contribution >= 4 is 39.3 Å². The van der Waals surface area contributed by atoms with E-state index in [0.29, 0.717) is 64.0 Å². The number of rotatable bonds is 6. The largest absolute Gasteiger partial charge is 0.438 e. The van der Waals surface area contributed by atoms with Gasteiger partial charge in [-0.2, -0.15) is 10.2 Å². The molecule has 1 aliphatic carbocycles. The van der Waals surface area contributed by atoms with Gasteiger partial charge in [-0.25, -0.2) is 18.7 Å². The number of ether oxygens (including phenoxy) is 1. The van der Waals surface area contributed by atoms with Crippen molar-refractivity contribution in [2.45, 2.75) is 84.3 Å². The summed E-state index contributed by atoms with van der Waals surface area (Å²) in [6, 6.07) is 15.5. The third-order valence-electron chi connectivity index (χ3n) is 13.0. The Morgan fingerprint density at radius 2 is 1.78 bits per heavy atom. The van der Waals surface area contributed by atoms with E-state index < -0.39 is 17.3 Å². The van der Waals surface area contributed by atoms with Gasteiger partial charge in [0.1, 0.15) is 11.5 Å². The standard InChI is InChI=1S/C41H40ClFN8O3.C6H8N2O2/c1-23-16-28(17-24(2)36(23)42)51-38(50-14-13-49(40(50)53)35-9-8-34-29(37(35)43)21-44-47(34)5)30-22-48(12-10-32(30)46-51)39(52)33-19-27-18-25(6-7-31(27)45-33)26-11-15-54-41(3,4)20-26;1-3-2-4(3)5-7-6(9)10-8-5/h6-9,13-14,16-19,21,26,45H,10-12,15,20,22H2,1-5H3;3-4H,2H2,1H3,(H,7,8,9)/t26-;3-,4+/m00/s1. The average Bonchev–Trinajstić information content (AvgIpc) is 3.84. The topological polar surface area (TPSA) is 167 Å². The van der Waals surface area contributed by atoms with Crippen LogP contribution < -0.4 is 11.4 Å². The van der Waals surface area contributed by atoms with E-state index in [2.05, 4.69) is 63.7 Å². The van der Waals surface area contributed by atoms with E-state index in [4.69, 9.17) is 21.4 Å². The summed E-state index contributed by atoms with van der Waals surface area (Å²) in [5.41, 5.74) is 6.70. The maximum Gasteiger partial charge on any atom is 0.438 e. The first kappa shape index (κ1) is 41.5. The van der Waals surface area contributed by atoms with Gasteiger partial charge in [-0.1, -0.05) is 29.7 Å². The highest BCUT2D eigenvalue weighted by Crippen LogP contribution is 2.45. The minimum Gasteiger partial charge on any atom is -0.376 e. The minimum absolute atomic E-state index is 0.108. The number of aryl methyl sites for hydroxylation is 3. The molecule has 0 bridgehead atoms. The number of benzene rings is 3. The number of aromatic amines is 2. The quantitative estimate of drug-likeness (QED) is 0.170. The van der Waals surface area contributed by atoms with Crippen LogP contribution in [-0.4, -0.2) is 73.4 Å². The van der Waals surface area contributed by atoms with E-state index in [1.54, 1.807) is 45.8 Å². The second-order valence-electron chi connectivity index (χ2n) is 18.1. The molecule has 15 nitrogen and oxygen atoms in total. The lowest BCUT2D eigenvalue weighted by Crippen LogP contribution is -2.36. The van der Waals surface area contributed by atoms with E-state index in [0.717, 1.165) is 64.8 Å². The van der Waals surface area contributed by atoms with E-state index >= 15 is 4.39 Å². The maximum atomic E-state index is 15.9. The van der Waals surface area contributed by atoms with Crippen LogP contribution in [0.5, 0.6) is 0 Å². The number of amides is 1. The first-order valence-corrected chi connectivity index (χ1v) is 21.9. The van der Waals surface area contributed by atoms with Crippen molar-refractivity contribution in [2.24, 2.45) is 13.0 Å². The Morgan fingerprint density at radius 1 is 1.02 bits per heavy atom. The van der Waals surface area contributed by atoms with Gasteiger partial charge in [-0.3, -0.25) is 28.1 Å². The Hall–Kier alpha value is -6.52. The van der Waals surface area contributed by atoms with Crippen molar-refractivity contribution in [3.63, 3.8) is 0 Å². The Kier molecular flexibility index (Phi) is 10.1. The molecule has 2 aliphatic heterocycles. The SMILES string of the molecule is C[C@H]1C[C@H]1c1noc(=O)[nH]1.Cc1cc(-n2nc3c(c2-n2ccn(-c4ccc5c(cnn5C)c4F)c2=O)CN(C(=O)c2cc4cc([C@H]5CCOC(C)(C)C5)ccc4[nH]2)CC3)cc(C)c1Cl. The molecule has 3 aliphatic rings. The number of hydrogen-bond donors (Lipinski definition) is 2. The lowest BCUT2D eigenvalue weighted by Gasteiger charge is -2.35. The van der Waals surface area contributed by atoms with E-state index in [-0.39, 0.29) is 23.7 Å². The Bertz CT molecular complexity index is 3230. The number of fused-ring (bicyclic) bond motifs is 3. The highest BCUT2D eigenvalue weighted by Gasteiger charge is 2.37. The van der Waals surface area contributed by atoms with Crippen molar-refractivity contribution in [1.29, 1.82) is 0 Å². The molecule has 11 rings (SSSR count). The molecule has 3 atom stereocenters. The molecular weight excluding hydrogens is 839 g/mol. The number of carbonyl (C=O) groups excluding carboxylic acids is 1. The summed E-state index contributed by atoms with van der Waals surface area (Å²) < 4.78 is 32.3. The lowest BCUT2D eigenvalue weighted by molar-refractivity contribution is -0.0592. The zero-order valence-corrected chi connectivity index (χ0v) is 37.2. The predicted molar refractivity (Wildman–Crippen MR) is 240 cm³/mol. The Balaban J connectivity index is 0.000000425. The van der Waals surface area contributed by atoms with Crippen molar-refractivity contribution in [1.82, 2.24) is 48.7 Å². The smallest absolute Gasteiger partial charge is 0.376 e.